The maximum absolute atomic E-state index is 10.5. The van der Waals surface area contributed by atoms with Gasteiger partial charge < -0.3 is 25.0 Å². The second-order valence-corrected chi connectivity index (χ2v) is 7.20. The Morgan fingerprint density at radius 3 is 2.37 bits per heavy atom. The fourth-order valence-electron chi connectivity index (χ4n) is 3.57. The number of phenolic OH excluding ortho intramolecular Hbond substituents is 3. The van der Waals surface area contributed by atoms with E-state index in [1.807, 2.05) is 6.08 Å². The molecule has 2 aliphatic rings. The van der Waals surface area contributed by atoms with Gasteiger partial charge >= 0.3 is 0 Å². The Labute approximate surface area is 158 Å². The van der Waals surface area contributed by atoms with Crippen molar-refractivity contribution in [1.29, 1.82) is 0 Å². The average molecular weight is 368 g/mol. The maximum atomic E-state index is 10.5. The highest BCUT2D eigenvalue weighted by Crippen LogP contribution is 2.43. The topological polar surface area (TPSA) is 76.4 Å². The molecular formula is C21H24N2O4. The van der Waals surface area contributed by atoms with Gasteiger partial charge in [0.2, 0.25) is 0 Å². The molecule has 0 amide bonds. The van der Waals surface area contributed by atoms with Gasteiger partial charge in [-0.1, -0.05) is 0 Å². The van der Waals surface area contributed by atoms with Gasteiger partial charge in [0.1, 0.15) is 28.8 Å². The lowest BCUT2D eigenvalue weighted by Crippen LogP contribution is -2.43. The van der Waals surface area contributed by atoms with Gasteiger partial charge in [-0.3, -0.25) is 4.90 Å². The quantitative estimate of drug-likeness (QED) is 0.773. The molecule has 2 aliphatic heterocycles. The van der Waals surface area contributed by atoms with Gasteiger partial charge in [-0.05, 0) is 37.4 Å². The maximum Gasteiger partial charge on any atom is 0.142 e. The van der Waals surface area contributed by atoms with Crippen LogP contribution in [0.1, 0.15) is 16.7 Å². The van der Waals surface area contributed by atoms with Crippen LogP contribution in [0, 0.1) is 0 Å². The van der Waals surface area contributed by atoms with Crippen LogP contribution in [0.15, 0.2) is 36.4 Å². The summed E-state index contributed by atoms with van der Waals surface area (Å²) in [6.45, 7) is 4.39. The molecule has 4 rings (SSSR count). The molecule has 6 nitrogen and oxygen atoms in total. The Morgan fingerprint density at radius 2 is 1.67 bits per heavy atom. The molecule has 142 valence electrons. The third-order valence-corrected chi connectivity index (χ3v) is 5.27. The molecule has 0 bridgehead atoms. The molecule has 3 N–H and O–H groups in total. The van der Waals surface area contributed by atoms with E-state index in [1.54, 1.807) is 24.3 Å². The molecule has 0 atom stereocenters. The smallest absolute Gasteiger partial charge is 0.142 e. The standard InChI is InChI=1S/C21H24N2O4/c1-22-8-10-23(11-9-22)13-17-19(26)12-18(25)16-6-7-20(27-21(16)17)14-2-4-15(24)5-3-14/h2-5,7,12,24-26H,6,8-11,13H2,1H3. The predicted octanol–water partition coefficient (Wildman–Crippen LogP) is 2.53. The SMILES string of the molecule is CN1CCN(Cc2c(O)cc(O)c3c2OC(c2ccc(O)cc2)=CC3)CC1. The van der Waals surface area contributed by atoms with Crippen molar-refractivity contribution in [3.8, 4) is 23.0 Å². The van der Waals surface area contributed by atoms with E-state index in [0.29, 0.717) is 35.6 Å². The molecule has 0 saturated carbocycles. The first kappa shape index (κ1) is 17.7. The van der Waals surface area contributed by atoms with Crippen LogP contribution in [0.3, 0.4) is 0 Å². The normalized spacial score (nSPS) is 17.9. The molecular weight excluding hydrogens is 344 g/mol. The summed E-state index contributed by atoms with van der Waals surface area (Å²) in [4.78, 5) is 4.57. The number of likely N-dealkylation sites (N-methyl/N-ethyl adjacent to an activating group) is 1. The monoisotopic (exact) mass is 368 g/mol. The van der Waals surface area contributed by atoms with E-state index >= 15 is 0 Å². The fraction of sp³-hybridized carbons (Fsp3) is 0.333. The molecule has 1 saturated heterocycles. The Bertz CT molecular complexity index is 869. The van der Waals surface area contributed by atoms with Gasteiger partial charge in [0.05, 0.1) is 5.56 Å². The summed E-state index contributed by atoms with van der Waals surface area (Å²) in [7, 11) is 2.11. The molecule has 2 aromatic rings. The van der Waals surface area contributed by atoms with Crippen LogP contribution in [0.5, 0.6) is 23.0 Å². The highest BCUT2D eigenvalue weighted by molar-refractivity contribution is 5.69. The summed E-state index contributed by atoms with van der Waals surface area (Å²) in [6.07, 6.45) is 2.43. The lowest BCUT2D eigenvalue weighted by atomic mass is 9.99. The minimum absolute atomic E-state index is 0.0469. The first-order valence-corrected chi connectivity index (χ1v) is 9.16. The molecule has 0 radical (unpaired) electrons. The summed E-state index contributed by atoms with van der Waals surface area (Å²) in [5.41, 5.74) is 2.24. The zero-order valence-electron chi connectivity index (χ0n) is 15.4. The van der Waals surface area contributed by atoms with Crippen LogP contribution >= 0.6 is 0 Å². The lowest BCUT2D eigenvalue weighted by molar-refractivity contribution is 0.146. The number of nitrogens with zero attached hydrogens (tertiary/aromatic N) is 2. The number of fused-ring (bicyclic) bond motifs is 1. The number of benzene rings is 2. The number of allylic oxidation sites excluding steroid dienone is 1. The Hall–Kier alpha value is -2.70. The minimum atomic E-state index is 0.0469. The molecule has 0 spiro atoms. The van der Waals surface area contributed by atoms with E-state index in [4.69, 9.17) is 4.74 Å². The van der Waals surface area contributed by atoms with Gasteiger partial charge in [-0.25, -0.2) is 0 Å². The highest BCUT2D eigenvalue weighted by Gasteiger charge is 2.26. The third kappa shape index (κ3) is 3.59. The van der Waals surface area contributed by atoms with Gasteiger partial charge in [-0.2, -0.15) is 0 Å². The summed E-state index contributed by atoms with van der Waals surface area (Å²) in [6, 6.07) is 8.21. The fourth-order valence-corrected chi connectivity index (χ4v) is 3.57. The van der Waals surface area contributed by atoms with Gasteiger partial charge in [0.25, 0.3) is 0 Å². The average Bonchev–Trinajstić information content (AvgIpc) is 2.67. The van der Waals surface area contributed by atoms with Crippen molar-refractivity contribution in [3.63, 3.8) is 0 Å². The van der Waals surface area contributed by atoms with E-state index < -0.39 is 0 Å². The van der Waals surface area contributed by atoms with Crippen LogP contribution in [0.2, 0.25) is 0 Å². The minimum Gasteiger partial charge on any atom is -0.508 e. The summed E-state index contributed by atoms with van der Waals surface area (Å²) < 4.78 is 6.14. The van der Waals surface area contributed by atoms with Crippen molar-refractivity contribution < 1.29 is 20.1 Å². The zero-order chi connectivity index (χ0) is 19.0. The second kappa shape index (κ2) is 7.13. The van der Waals surface area contributed by atoms with E-state index in [-0.39, 0.29) is 17.2 Å². The van der Waals surface area contributed by atoms with Crippen LogP contribution in [-0.2, 0) is 13.0 Å². The summed E-state index contributed by atoms with van der Waals surface area (Å²) in [5, 5.41) is 30.3. The van der Waals surface area contributed by atoms with E-state index in [9.17, 15) is 15.3 Å². The largest absolute Gasteiger partial charge is 0.508 e. The molecule has 6 heteroatoms. The molecule has 0 aromatic heterocycles. The van der Waals surface area contributed by atoms with Crippen molar-refractivity contribution >= 4 is 5.76 Å². The lowest BCUT2D eigenvalue weighted by Gasteiger charge is -2.33. The number of aromatic hydroxyl groups is 3. The predicted molar refractivity (Wildman–Crippen MR) is 103 cm³/mol. The number of hydrogen-bond acceptors (Lipinski definition) is 6. The van der Waals surface area contributed by atoms with Crippen LogP contribution in [-0.4, -0.2) is 58.3 Å². The van der Waals surface area contributed by atoms with Gasteiger partial charge in [-0.15, -0.1) is 0 Å². The second-order valence-electron chi connectivity index (χ2n) is 7.20. The first-order chi connectivity index (χ1) is 13.0. The summed E-state index contributed by atoms with van der Waals surface area (Å²) in [5.74, 6) is 1.49. The number of piperazine rings is 1. The molecule has 0 unspecified atom stereocenters. The van der Waals surface area contributed by atoms with Crippen molar-refractivity contribution in [2.24, 2.45) is 0 Å². The van der Waals surface area contributed by atoms with Crippen molar-refractivity contribution in [3.05, 3.63) is 53.1 Å². The number of phenols is 3. The number of rotatable bonds is 3. The third-order valence-electron chi connectivity index (χ3n) is 5.27. The summed E-state index contributed by atoms with van der Waals surface area (Å²) >= 11 is 0. The van der Waals surface area contributed by atoms with Crippen LogP contribution in [0.25, 0.3) is 5.76 Å². The van der Waals surface area contributed by atoms with E-state index in [1.165, 1.54) is 6.07 Å². The van der Waals surface area contributed by atoms with Gasteiger partial charge in [0.15, 0.2) is 0 Å². The van der Waals surface area contributed by atoms with Crippen molar-refractivity contribution in [2.45, 2.75) is 13.0 Å². The van der Waals surface area contributed by atoms with Crippen molar-refractivity contribution in [2.75, 3.05) is 33.2 Å². The van der Waals surface area contributed by atoms with Gasteiger partial charge in [0, 0.05) is 56.3 Å². The molecule has 1 fully saturated rings. The Balaban J connectivity index is 1.64. The molecule has 0 aliphatic carbocycles. The van der Waals surface area contributed by atoms with Crippen molar-refractivity contribution in [1.82, 2.24) is 9.80 Å². The van der Waals surface area contributed by atoms with Crippen LogP contribution < -0.4 is 4.74 Å². The first-order valence-electron chi connectivity index (χ1n) is 9.16. The molecule has 2 heterocycles. The van der Waals surface area contributed by atoms with E-state index in [2.05, 4.69) is 16.8 Å². The number of hydrogen-bond donors (Lipinski definition) is 3. The Kier molecular flexibility index (Phi) is 4.68. The van der Waals surface area contributed by atoms with Crippen LogP contribution in [0.4, 0.5) is 0 Å². The van der Waals surface area contributed by atoms with E-state index in [0.717, 1.165) is 31.7 Å². The molecule has 27 heavy (non-hydrogen) atoms. The Morgan fingerprint density at radius 1 is 0.963 bits per heavy atom. The zero-order valence-corrected chi connectivity index (χ0v) is 15.4. The molecule has 2 aromatic carbocycles. The number of ether oxygens (including phenoxy) is 1. The highest BCUT2D eigenvalue weighted by atomic mass is 16.5.